The summed E-state index contributed by atoms with van der Waals surface area (Å²) in [7, 11) is 0. The van der Waals surface area contributed by atoms with Crippen LogP contribution in [0.1, 0.15) is 33.6 Å². The number of amides is 2. The van der Waals surface area contributed by atoms with Crippen molar-refractivity contribution in [3.63, 3.8) is 0 Å². The Kier molecular flexibility index (Phi) is 8.25. The van der Waals surface area contributed by atoms with Crippen LogP contribution >= 0.6 is 24.0 Å². The van der Waals surface area contributed by atoms with Crippen molar-refractivity contribution in [3.05, 3.63) is 59.7 Å². The Labute approximate surface area is 193 Å². The molecular weight excluding hydrogens is 528 g/mol. The van der Waals surface area contributed by atoms with Gasteiger partial charge in [0, 0.05) is 13.1 Å². The fourth-order valence-electron chi connectivity index (χ4n) is 2.98. The van der Waals surface area contributed by atoms with Gasteiger partial charge in [0.25, 0.3) is 11.8 Å². The predicted octanol–water partition coefficient (Wildman–Crippen LogP) is 4.01. The number of unbranched alkanes of at least 4 members (excludes halogenated alkanes) is 1. The van der Waals surface area contributed by atoms with Gasteiger partial charge in [-0.25, -0.2) is 0 Å². The van der Waals surface area contributed by atoms with E-state index in [0.29, 0.717) is 24.0 Å². The van der Waals surface area contributed by atoms with Crippen molar-refractivity contribution < 1.29 is 27.5 Å². The summed E-state index contributed by atoms with van der Waals surface area (Å²) in [5, 5.41) is 2.58. The molecule has 0 radical (unpaired) electrons. The number of carbonyl (C=O) groups excluding carboxylic acids is 2. The minimum Gasteiger partial charge on any atom is -0.404 e. The Morgan fingerprint density at radius 1 is 1.00 bits per heavy atom. The number of hydrogen-bond acceptors (Lipinski definition) is 4. The number of aliphatic imine (C=N–C) groups is 1. The molecule has 1 aliphatic heterocycles. The van der Waals surface area contributed by atoms with Crippen LogP contribution < -0.4 is 15.8 Å². The van der Waals surface area contributed by atoms with Gasteiger partial charge in [-0.3, -0.25) is 19.5 Å². The third-order valence-corrected chi connectivity index (χ3v) is 4.33. The van der Waals surface area contributed by atoms with Crippen molar-refractivity contribution in [1.82, 2.24) is 4.90 Å². The number of alkyl halides is 3. The number of carbonyl (C=O) groups is 2. The summed E-state index contributed by atoms with van der Waals surface area (Å²) in [6.07, 6.45) is -3.79. The molecule has 3 rings (SSSR count). The van der Waals surface area contributed by atoms with Crippen LogP contribution in [0.25, 0.3) is 0 Å². The minimum atomic E-state index is -4.83. The Balaban J connectivity index is 0.00000341. The molecule has 0 saturated heterocycles. The number of ether oxygens (including phenoxy) is 1. The number of benzene rings is 2. The van der Waals surface area contributed by atoms with E-state index in [1.807, 2.05) is 0 Å². The molecule has 0 bridgehead atoms. The number of rotatable bonds is 7. The highest BCUT2D eigenvalue weighted by Crippen LogP contribution is 2.29. The maximum absolute atomic E-state index is 12.5. The number of fused-ring (bicyclic) bond motifs is 1. The van der Waals surface area contributed by atoms with E-state index in [1.165, 1.54) is 23.1 Å². The Bertz CT molecular complexity index is 947. The molecule has 7 nitrogen and oxygen atoms in total. The maximum atomic E-state index is 12.5. The first-order valence-corrected chi connectivity index (χ1v) is 9.13. The van der Waals surface area contributed by atoms with Gasteiger partial charge in [-0.15, -0.1) is 37.1 Å². The van der Waals surface area contributed by atoms with Crippen LogP contribution in [0.5, 0.6) is 5.75 Å². The number of anilines is 1. The summed E-state index contributed by atoms with van der Waals surface area (Å²) >= 11 is 0. The van der Waals surface area contributed by atoms with E-state index in [2.05, 4.69) is 15.0 Å². The van der Waals surface area contributed by atoms with Crippen LogP contribution in [0.4, 0.5) is 18.9 Å². The molecule has 166 valence electrons. The second kappa shape index (κ2) is 10.5. The highest BCUT2D eigenvalue weighted by atomic mass is 127. The minimum absolute atomic E-state index is 0. The first-order chi connectivity index (χ1) is 14.3. The van der Waals surface area contributed by atoms with Crippen LogP contribution in [-0.2, 0) is 0 Å². The van der Waals surface area contributed by atoms with E-state index in [1.54, 1.807) is 24.3 Å². The monoisotopic (exact) mass is 548 g/mol. The molecular formula is C20H20F3IN4O3. The lowest BCUT2D eigenvalue weighted by molar-refractivity contribution is -0.274. The van der Waals surface area contributed by atoms with Gasteiger partial charge in [-0.2, -0.15) is 0 Å². The van der Waals surface area contributed by atoms with Crippen LogP contribution in [0.3, 0.4) is 0 Å². The molecule has 0 saturated carbocycles. The third kappa shape index (κ3) is 6.32. The quantitative estimate of drug-likeness (QED) is 0.179. The van der Waals surface area contributed by atoms with Gasteiger partial charge in [0.05, 0.1) is 16.8 Å². The third-order valence-electron chi connectivity index (χ3n) is 4.33. The smallest absolute Gasteiger partial charge is 0.404 e. The van der Waals surface area contributed by atoms with E-state index in [-0.39, 0.29) is 60.5 Å². The van der Waals surface area contributed by atoms with E-state index in [4.69, 9.17) is 5.73 Å². The summed E-state index contributed by atoms with van der Waals surface area (Å²) in [6.45, 7) is 0.516. The second-order valence-corrected chi connectivity index (χ2v) is 6.45. The van der Waals surface area contributed by atoms with Crippen molar-refractivity contribution >= 4 is 47.4 Å². The fourth-order valence-corrected chi connectivity index (χ4v) is 2.98. The van der Waals surface area contributed by atoms with Crippen LogP contribution in [0.2, 0.25) is 0 Å². The van der Waals surface area contributed by atoms with Crippen molar-refractivity contribution in [3.8, 4) is 5.75 Å². The van der Waals surface area contributed by atoms with Gasteiger partial charge < -0.3 is 15.8 Å². The van der Waals surface area contributed by atoms with Gasteiger partial charge in [0.15, 0.2) is 11.7 Å². The lowest BCUT2D eigenvalue weighted by Gasteiger charge is -2.14. The topological polar surface area (TPSA) is 97.0 Å². The maximum Gasteiger partial charge on any atom is 0.573 e. The van der Waals surface area contributed by atoms with E-state index in [9.17, 15) is 22.8 Å². The number of nitrogens with one attached hydrogen (secondary N) is 1. The first-order valence-electron chi connectivity index (χ1n) is 9.13. The van der Waals surface area contributed by atoms with Crippen molar-refractivity contribution in [2.75, 3.05) is 18.4 Å². The number of para-hydroxylation sites is 2. The van der Waals surface area contributed by atoms with E-state index >= 15 is 0 Å². The normalized spacial score (nSPS) is 13.6. The molecule has 0 fully saturated rings. The molecule has 2 aromatic carbocycles. The van der Waals surface area contributed by atoms with Crippen molar-refractivity contribution in [1.29, 1.82) is 0 Å². The van der Waals surface area contributed by atoms with Crippen LogP contribution in [0, 0.1) is 0 Å². The standard InChI is InChI=1S/C20H19F3N4O3.HI/c21-20(22,23)30-16-10-4-3-9-15(16)26-19(24)25-11-5-6-12-27-17(28)13-7-1-2-8-14(13)18(27)29;/h1-4,7-10H,5-6,11-12H2,(H3,24,25,26);1H. The largest absolute Gasteiger partial charge is 0.573 e. The lowest BCUT2D eigenvalue weighted by Crippen LogP contribution is -2.30. The van der Waals surface area contributed by atoms with Crippen molar-refractivity contribution in [2.24, 2.45) is 10.7 Å². The Morgan fingerprint density at radius 3 is 2.19 bits per heavy atom. The summed E-state index contributed by atoms with van der Waals surface area (Å²) in [6, 6.07) is 12.1. The van der Waals surface area contributed by atoms with Crippen LogP contribution in [0.15, 0.2) is 53.5 Å². The Hall–Kier alpha value is -2.83. The number of imide groups is 1. The molecule has 0 aromatic heterocycles. The highest BCUT2D eigenvalue weighted by Gasteiger charge is 2.34. The summed E-state index contributed by atoms with van der Waals surface area (Å²) in [4.78, 5) is 29.8. The van der Waals surface area contributed by atoms with Gasteiger partial charge in [-0.05, 0) is 37.1 Å². The first kappa shape index (κ1) is 24.4. The lowest BCUT2D eigenvalue weighted by atomic mass is 10.1. The molecule has 11 heteroatoms. The molecule has 0 aliphatic carbocycles. The second-order valence-electron chi connectivity index (χ2n) is 6.45. The zero-order chi connectivity index (χ0) is 21.7. The molecule has 0 spiro atoms. The molecule has 3 N–H and O–H groups in total. The average molecular weight is 548 g/mol. The molecule has 1 aliphatic rings. The van der Waals surface area contributed by atoms with E-state index < -0.39 is 12.1 Å². The number of hydrogen-bond donors (Lipinski definition) is 2. The van der Waals surface area contributed by atoms with Gasteiger partial charge in [-0.1, -0.05) is 24.3 Å². The van der Waals surface area contributed by atoms with Gasteiger partial charge in [0.1, 0.15) is 0 Å². The SMILES string of the molecule is I.NC(=NCCCCN1C(=O)c2ccccc2C1=O)Nc1ccccc1OC(F)(F)F. The van der Waals surface area contributed by atoms with Gasteiger partial charge >= 0.3 is 6.36 Å². The molecule has 31 heavy (non-hydrogen) atoms. The average Bonchev–Trinajstić information content (AvgIpc) is 2.93. The summed E-state index contributed by atoms with van der Waals surface area (Å²) in [5.74, 6) is -1.13. The zero-order valence-electron chi connectivity index (χ0n) is 16.2. The number of nitrogens with two attached hydrogens (primary N) is 1. The van der Waals surface area contributed by atoms with Crippen molar-refractivity contribution in [2.45, 2.75) is 19.2 Å². The van der Waals surface area contributed by atoms with Crippen LogP contribution in [-0.4, -0.2) is 42.1 Å². The number of halogens is 4. The van der Waals surface area contributed by atoms with Gasteiger partial charge in [0.2, 0.25) is 0 Å². The zero-order valence-corrected chi connectivity index (χ0v) is 18.5. The summed E-state index contributed by atoms with van der Waals surface area (Å²) in [5.41, 5.74) is 6.55. The predicted molar refractivity (Wildman–Crippen MR) is 120 cm³/mol. The fraction of sp³-hybridized carbons (Fsp3) is 0.250. The summed E-state index contributed by atoms with van der Waals surface area (Å²) < 4.78 is 41.3. The Morgan fingerprint density at radius 2 is 1.58 bits per heavy atom. The molecule has 1 heterocycles. The van der Waals surface area contributed by atoms with E-state index in [0.717, 1.165) is 6.07 Å². The molecule has 0 unspecified atom stereocenters. The number of guanidine groups is 1. The molecule has 2 amide bonds. The number of nitrogens with zero attached hydrogens (tertiary/aromatic N) is 2. The molecule has 2 aromatic rings. The highest BCUT2D eigenvalue weighted by molar-refractivity contribution is 14.0. The molecule has 0 atom stereocenters.